The zero-order chi connectivity index (χ0) is 12.6. The highest BCUT2D eigenvalue weighted by molar-refractivity contribution is 5.76. The lowest BCUT2D eigenvalue weighted by Gasteiger charge is -2.07. The van der Waals surface area contributed by atoms with E-state index in [-0.39, 0.29) is 12.4 Å². The van der Waals surface area contributed by atoms with Gasteiger partial charge in [0.15, 0.2) is 5.96 Å². The number of nitrogens with two attached hydrogens (primary N) is 3. The summed E-state index contributed by atoms with van der Waals surface area (Å²) >= 11 is 0. The quantitative estimate of drug-likeness (QED) is 0.147. The lowest BCUT2D eigenvalue weighted by molar-refractivity contribution is -0.242. The van der Waals surface area contributed by atoms with Crippen LogP contribution in [-0.2, 0) is 14.6 Å². The summed E-state index contributed by atoms with van der Waals surface area (Å²) in [6.45, 7) is 0.323. The Bertz CT molecular complexity index is 276. The Kier molecular flexibility index (Phi) is 6.36. The smallest absolute Gasteiger partial charge is 0.447 e. The summed E-state index contributed by atoms with van der Waals surface area (Å²) in [5.74, 6) is -1.02. The average Bonchev–Trinajstić information content (AvgIpc) is 2.20. The summed E-state index contributed by atoms with van der Waals surface area (Å²) in [5, 5.41) is 8.03. The molecule has 0 aromatic rings. The van der Waals surface area contributed by atoms with Crippen LogP contribution in [0.4, 0.5) is 4.79 Å². The predicted octanol–water partition coefficient (Wildman–Crippen LogP) is -1.48. The SMILES string of the molecule is NC(N)=NCCCC(N)C(=O)OOC(=O)O. The molecule has 0 saturated carbocycles. The van der Waals surface area contributed by atoms with Crippen molar-refractivity contribution in [1.29, 1.82) is 0 Å². The Morgan fingerprint density at radius 2 is 1.94 bits per heavy atom. The Morgan fingerprint density at radius 1 is 1.31 bits per heavy atom. The molecule has 0 aliphatic carbocycles. The molecule has 0 aromatic carbocycles. The number of rotatable bonds is 5. The average molecular weight is 234 g/mol. The first-order valence-electron chi connectivity index (χ1n) is 4.35. The van der Waals surface area contributed by atoms with Crippen molar-refractivity contribution >= 4 is 18.1 Å². The van der Waals surface area contributed by atoms with Gasteiger partial charge in [-0.1, -0.05) is 0 Å². The van der Waals surface area contributed by atoms with Crippen LogP contribution in [0.25, 0.3) is 0 Å². The standard InChI is InChI=1S/C7H14N4O5/c8-4(2-1-3-11-6(9)10)5(12)15-16-7(13)14/h4H,1-3,8H2,(H,13,14)(H4,9,10,11). The number of hydrogen-bond acceptors (Lipinski definition) is 6. The molecule has 1 unspecified atom stereocenters. The van der Waals surface area contributed by atoms with Crippen molar-refractivity contribution in [3.05, 3.63) is 0 Å². The predicted molar refractivity (Wildman–Crippen MR) is 53.1 cm³/mol. The van der Waals surface area contributed by atoms with Gasteiger partial charge in [0.1, 0.15) is 6.04 Å². The number of carbonyl (C=O) groups excluding carboxylic acids is 1. The maximum Gasteiger partial charge on any atom is 0.547 e. The molecule has 0 spiro atoms. The van der Waals surface area contributed by atoms with E-state index in [0.29, 0.717) is 13.0 Å². The first-order valence-corrected chi connectivity index (χ1v) is 4.35. The van der Waals surface area contributed by atoms with Gasteiger partial charge in [-0.25, -0.2) is 19.4 Å². The van der Waals surface area contributed by atoms with Crippen LogP contribution in [0, 0.1) is 0 Å². The summed E-state index contributed by atoms with van der Waals surface area (Å²) in [5.41, 5.74) is 15.5. The minimum Gasteiger partial charge on any atom is -0.447 e. The lowest BCUT2D eigenvalue weighted by atomic mass is 10.2. The van der Waals surface area contributed by atoms with E-state index < -0.39 is 18.2 Å². The molecule has 0 aliphatic rings. The van der Waals surface area contributed by atoms with Crippen molar-refractivity contribution in [1.82, 2.24) is 0 Å². The summed E-state index contributed by atoms with van der Waals surface area (Å²) in [6.07, 6.45) is -1.01. The van der Waals surface area contributed by atoms with E-state index in [0.717, 1.165) is 0 Å². The summed E-state index contributed by atoms with van der Waals surface area (Å²) < 4.78 is 0. The second-order valence-corrected chi connectivity index (χ2v) is 2.81. The molecular weight excluding hydrogens is 220 g/mol. The first kappa shape index (κ1) is 14.0. The van der Waals surface area contributed by atoms with Crippen molar-refractivity contribution in [3.63, 3.8) is 0 Å². The molecule has 0 aromatic heterocycles. The molecule has 0 heterocycles. The van der Waals surface area contributed by atoms with Gasteiger partial charge in [0.25, 0.3) is 0 Å². The summed E-state index contributed by atoms with van der Waals surface area (Å²) in [4.78, 5) is 32.0. The lowest BCUT2D eigenvalue weighted by Crippen LogP contribution is -2.33. The van der Waals surface area contributed by atoms with Gasteiger partial charge in [-0.05, 0) is 12.8 Å². The van der Waals surface area contributed by atoms with Crippen molar-refractivity contribution in [2.45, 2.75) is 18.9 Å². The number of aliphatic imine (C=N–C) groups is 1. The van der Waals surface area contributed by atoms with Gasteiger partial charge < -0.3 is 22.3 Å². The van der Waals surface area contributed by atoms with Gasteiger partial charge in [-0.2, -0.15) is 0 Å². The van der Waals surface area contributed by atoms with E-state index in [1.165, 1.54) is 0 Å². The largest absolute Gasteiger partial charge is 0.547 e. The van der Waals surface area contributed by atoms with Gasteiger partial charge in [0.2, 0.25) is 0 Å². The van der Waals surface area contributed by atoms with E-state index in [1.807, 2.05) is 0 Å². The summed E-state index contributed by atoms with van der Waals surface area (Å²) in [7, 11) is 0. The Hall–Kier alpha value is -2.03. The molecule has 0 bridgehead atoms. The van der Waals surface area contributed by atoms with Crippen molar-refractivity contribution in [2.75, 3.05) is 6.54 Å². The molecule has 16 heavy (non-hydrogen) atoms. The van der Waals surface area contributed by atoms with Crippen molar-refractivity contribution < 1.29 is 24.5 Å². The maximum atomic E-state index is 11.0. The van der Waals surface area contributed by atoms with Crippen LogP contribution in [0.1, 0.15) is 12.8 Å². The topological polar surface area (TPSA) is 163 Å². The molecule has 0 rings (SSSR count). The molecule has 0 aliphatic heterocycles. The third-order valence-electron chi connectivity index (χ3n) is 1.47. The van der Waals surface area contributed by atoms with Gasteiger partial charge in [0, 0.05) is 6.54 Å². The van der Waals surface area contributed by atoms with Crippen LogP contribution < -0.4 is 17.2 Å². The van der Waals surface area contributed by atoms with Crippen molar-refractivity contribution in [2.24, 2.45) is 22.2 Å². The minimum absolute atomic E-state index is 0.0506. The Morgan fingerprint density at radius 3 is 2.44 bits per heavy atom. The molecular formula is C7H14N4O5. The molecule has 1 atom stereocenters. The molecule has 9 heteroatoms. The van der Waals surface area contributed by atoms with Crippen LogP contribution >= 0.6 is 0 Å². The molecule has 9 nitrogen and oxygen atoms in total. The van der Waals surface area contributed by atoms with Crippen LogP contribution in [0.3, 0.4) is 0 Å². The van der Waals surface area contributed by atoms with E-state index in [4.69, 9.17) is 22.3 Å². The van der Waals surface area contributed by atoms with Gasteiger partial charge in [-0.3, -0.25) is 4.99 Å². The van der Waals surface area contributed by atoms with Gasteiger partial charge in [-0.15, -0.1) is 0 Å². The van der Waals surface area contributed by atoms with Crippen molar-refractivity contribution in [3.8, 4) is 0 Å². The zero-order valence-electron chi connectivity index (χ0n) is 8.46. The van der Waals surface area contributed by atoms with E-state index in [9.17, 15) is 9.59 Å². The molecule has 0 radical (unpaired) electrons. The summed E-state index contributed by atoms with van der Waals surface area (Å²) in [6, 6.07) is -0.978. The minimum atomic E-state index is -1.72. The highest BCUT2D eigenvalue weighted by Crippen LogP contribution is 1.98. The van der Waals surface area contributed by atoms with Crippen LogP contribution in [0.5, 0.6) is 0 Å². The second-order valence-electron chi connectivity index (χ2n) is 2.81. The Balaban J connectivity index is 3.71. The third-order valence-corrected chi connectivity index (χ3v) is 1.47. The van der Waals surface area contributed by atoms with Gasteiger partial charge in [0.05, 0.1) is 0 Å². The number of nitrogens with zero attached hydrogens (tertiary/aromatic N) is 1. The van der Waals surface area contributed by atoms with Crippen LogP contribution in [0.2, 0.25) is 0 Å². The van der Waals surface area contributed by atoms with Crippen LogP contribution in [0.15, 0.2) is 4.99 Å². The van der Waals surface area contributed by atoms with Crippen LogP contribution in [-0.4, -0.2) is 35.8 Å². The molecule has 92 valence electrons. The molecule has 0 fully saturated rings. The molecule has 7 N–H and O–H groups in total. The highest BCUT2D eigenvalue weighted by atomic mass is 17.2. The Labute approximate surface area is 91.1 Å². The fourth-order valence-corrected chi connectivity index (χ4v) is 0.776. The fourth-order valence-electron chi connectivity index (χ4n) is 0.776. The zero-order valence-corrected chi connectivity index (χ0v) is 8.46. The highest BCUT2D eigenvalue weighted by Gasteiger charge is 2.17. The number of hydrogen-bond donors (Lipinski definition) is 4. The van der Waals surface area contributed by atoms with E-state index >= 15 is 0 Å². The number of carbonyl (C=O) groups is 2. The normalized spacial score (nSPS) is 11.3. The van der Waals surface area contributed by atoms with Gasteiger partial charge >= 0.3 is 12.1 Å². The molecule has 0 saturated heterocycles. The first-order chi connectivity index (χ1) is 7.43. The van der Waals surface area contributed by atoms with E-state index in [1.54, 1.807) is 0 Å². The third kappa shape index (κ3) is 7.38. The second kappa shape index (κ2) is 7.29. The molecule has 0 amide bonds. The fraction of sp³-hybridized carbons (Fsp3) is 0.571. The number of carboxylic acid groups (broad SMARTS) is 1. The number of guanidine groups is 1. The monoisotopic (exact) mass is 234 g/mol. The van der Waals surface area contributed by atoms with E-state index in [2.05, 4.69) is 14.8 Å². The maximum absolute atomic E-state index is 11.0.